The summed E-state index contributed by atoms with van der Waals surface area (Å²) in [5.41, 5.74) is 1.94. The van der Waals surface area contributed by atoms with Crippen molar-refractivity contribution in [3.05, 3.63) is 29.6 Å². The molecule has 1 aliphatic rings. The molecule has 0 aromatic heterocycles. The Labute approximate surface area is 88.5 Å². The first-order valence-electron chi connectivity index (χ1n) is 4.79. The summed E-state index contributed by atoms with van der Waals surface area (Å²) in [6.45, 7) is 0. The van der Waals surface area contributed by atoms with Crippen LogP contribution in [0.4, 0.5) is 10.1 Å². The molecule has 0 atom stereocenters. The molecule has 1 saturated carbocycles. The minimum absolute atomic E-state index is 0.214. The lowest BCUT2D eigenvalue weighted by Gasteiger charge is -2.21. The van der Waals surface area contributed by atoms with Crippen LogP contribution in [0.3, 0.4) is 0 Å². The first kappa shape index (κ1) is 9.78. The summed E-state index contributed by atoms with van der Waals surface area (Å²) in [7, 11) is 2.04. The van der Waals surface area contributed by atoms with Gasteiger partial charge in [-0.15, -0.1) is 11.6 Å². The average Bonchev–Trinajstić information content (AvgIpc) is 3.00. The van der Waals surface area contributed by atoms with Crippen molar-refractivity contribution >= 4 is 17.3 Å². The molecule has 1 nitrogen and oxygen atoms in total. The lowest BCUT2D eigenvalue weighted by Crippen LogP contribution is -2.20. The number of nitrogens with zero attached hydrogens (tertiary/aromatic N) is 1. The van der Waals surface area contributed by atoms with Gasteiger partial charge in [0, 0.05) is 24.7 Å². The average molecular weight is 214 g/mol. The van der Waals surface area contributed by atoms with E-state index in [0.717, 1.165) is 11.3 Å². The second-order valence-corrected chi connectivity index (χ2v) is 4.02. The summed E-state index contributed by atoms with van der Waals surface area (Å²) in [5, 5.41) is 0. The zero-order valence-corrected chi connectivity index (χ0v) is 8.89. The second kappa shape index (κ2) is 3.77. The van der Waals surface area contributed by atoms with Crippen molar-refractivity contribution in [1.82, 2.24) is 0 Å². The molecule has 76 valence electrons. The molecule has 3 heteroatoms. The Morgan fingerprint density at radius 3 is 2.79 bits per heavy atom. The van der Waals surface area contributed by atoms with Crippen LogP contribution in [0.1, 0.15) is 18.4 Å². The van der Waals surface area contributed by atoms with Gasteiger partial charge in [0.25, 0.3) is 0 Å². The fourth-order valence-electron chi connectivity index (χ4n) is 1.66. The minimum atomic E-state index is -0.214. The molecular weight excluding hydrogens is 201 g/mol. The maximum atomic E-state index is 12.9. The van der Waals surface area contributed by atoms with Crippen molar-refractivity contribution in [2.24, 2.45) is 0 Å². The predicted molar refractivity (Wildman–Crippen MR) is 57.4 cm³/mol. The molecule has 0 spiro atoms. The van der Waals surface area contributed by atoms with Gasteiger partial charge in [0.15, 0.2) is 0 Å². The van der Waals surface area contributed by atoms with Crippen molar-refractivity contribution in [2.75, 3.05) is 11.9 Å². The van der Waals surface area contributed by atoms with Gasteiger partial charge in [-0.05, 0) is 36.6 Å². The highest BCUT2D eigenvalue weighted by molar-refractivity contribution is 6.17. The summed E-state index contributed by atoms with van der Waals surface area (Å²) in [6, 6.07) is 5.44. The third-order valence-electron chi connectivity index (χ3n) is 2.66. The van der Waals surface area contributed by atoms with Crippen LogP contribution in [-0.4, -0.2) is 13.1 Å². The van der Waals surface area contributed by atoms with Gasteiger partial charge in [0.05, 0.1) is 0 Å². The van der Waals surface area contributed by atoms with Gasteiger partial charge in [-0.25, -0.2) is 4.39 Å². The van der Waals surface area contributed by atoms with Gasteiger partial charge in [-0.3, -0.25) is 0 Å². The van der Waals surface area contributed by atoms with Gasteiger partial charge in [0.1, 0.15) is 5.82 Å². The van der Waals surface area contributed by atoms with Gasteiger partial charge in [-0.2, -0.15) is 0 Å². The summed E-state index contributed by atoms with van der Waals surface area (Å²) < 4.78 is 12.9. The van der Waals surface area contributed by atoms with Crippen molar-refractivity contribution in [1.29, 1.82) is 0 Å². The Hall–Kier alpha value is -0.760. The zero-order chi connectivity index (χ0) is 10.1. The van der Waals surface area contributed by atoms with Gasteiger partial charge in [0.2, 0.25) is 0 Å². The number of rotatable bonds is 3. The molecule has 0 aliphatic heterocycles. The predicted octanol–water partition coefficient (Wildman–Crippen LogP) is 3.16. The van der Waals surface area contributed by atoms with Crippen LogP contribution in [-0.2, 0) is 5.88 Å². The van der Waals surface area contributed by atoms with Gasteiger partial charge >= 0.3 is 0 Å². The highest BCUT2D eigenvalue weighted by Crippen LogP contribution is 2.32. The molecule has 0 unspecified atom stereocenters. The Bertz CT molecular complexity index is 336. The van der Waals surface area contributed by atoms with E-state index in [1.54, 1.807) is 0 Å². The number of benzene rings is 1. The van der Waals surface area contributed by atoms with Crippen LogP contribution in [0.5, 0.6) is 0 Å². The standard InChI is InChI=1S/C11H13ClFN/c1-14(10-3-4-10)11-5-2-9(13)6-8(11)7-12/h2,5-6,10H,3-4,7H2,1H3. The molecule has 0 amide bonds. The van der Waals surface area contributed by atoms with Crippen molar-refractivity contribution in [3.8, 4) is 0 Å². The molecule has 0 saturated heterocycles. The van der Waals surface area contributed by atoms with E-state index in [9.17, 15) is 4.39 Å². The molecule has 1 aromatic rings. The number of hydrogen-bond donors (Lipinski definition) is 0. The first-order valence-corrected chi connectivity index (χ1v) is 5.33. The number of anilines is 1. The highest BCUT2D eigenvalue weighted by Gasteiger charge is 2.27. The summed E-state index contributed by atoms with van der Waals surface area (Å²) in [4.78, 5) is 2.19. The Morgan fingerprint density at radius 2 is 2.21 bits per heavy atom. The molecule has 0 radical (unpaired) electrons. The molecule has 1 aromatic carbocycles. The lowest BCUT2D eigenvalue weighted by atomic mass is 10.2. The summed E-state index contributed by atoms with van der Waals surface area (Å²) in [6.07, 6.45) is 2.46. The Morgan fingerprint density at radius 1 is 1.50 bits per heavy atom. The van der Waals surface area contributed by atoms with E-state index >= 15 is 0 Å². The first-order chi connectivity index (χ1) is 6.72. The van der Waals surface area contributed by atoms with Crippen LogP contribution in [0.2, 0.25) is 0 Å². The highest BCUT2D eigenvalue weighted by atomic mass is 35.5. The number of alkyl halides is 1. The quantitative estimate of drug-likeness (QED) is 0.698. The molecular formula is C11H13ClFN. The smallest absolute Gasteiger partial charge is 0.123 e. The van der Waals surface area contributed by atoms with Gasteiger partial charge < -0.3 is 4.90 Å². The normalized spacial score (nSPS) is 15.6. The summed E-state index contributed by atoms with van der Waals surface area (Å²) >= 11 is 5.78. The molecule has 1 fully saturated rings. The van der Waals surface area contributed by atoms with Crippen LogP contribution in [0.15, 0.2) is 18.2 Å². The fraction of sp³-hybridized carbons (Fsp3) is 0.455. The van der Waals surface area contributed by atoms with Crippen molar-refractivity contribution in [2.45, 2.75) is 24.8 Å². The van der Waals surface area contributed by atoms with E-state index in [0.29, 0.717) is 11.9 Å². The molecule has 0 bridgehead atoms. The third kappa shape index (κ3) is 1.85. The molecule has 2 rings (SSSR count). The SMILES string of the molecule is CN(c1ccc(F)cc1CCl)C1CC1. The molecule has 0 heterocycles. The third-order valence-corrected chi connectivity index (χ3v) is 2.95. The van der Waals surface area contributed by atoms with E-state index in [-0.39, 0.29) is 5.82 Å². The molecule has 1 aliphatic carbocycles. The van der Waals surface area contributed by atoms with E-state index < -0.39 is 0 Å². The topological polar surface area (TPSA) is 3.24 Å². The van der Waals surface area contributed by atoms with Crippen LogP contribution < -0.4 is 4.90 Å². The van der Waals surface area contributed by atoms with E-state index in [1.165, 1.54) is 25.0 Å². The van der Waals surface area contributed by atoms with E-state index in [2.05, 4.69) is 4.90 Å². The monoisotopic (exact) mass is 213 g/mol. The maximum Gasteiger partial charge on any atom is 0.123 e. The maximum absolute atomic E-state index is 12.9. The second-order valence-electron chi connectivity index (χ2n) is 3.75. The largest absolute Gasteiger partial charge is 0.371 e. The van der Waals surface area contributed by atoms with Gasteiger partial charge in [-0.1, -0.05) is 0 Å². The Balaban J connectivity index is 2.30. The van der Waals surface area contributed by atoms with E-state index in [4.69, 9.17) is 11.6 Å². The Kier molecular flexibility index (Phi) is 2.64. The number of hydrogen-bond acceptors (Lipinski definition) is 1. The summed E-state index contributed by atoms with van der Waals surface area (Å²) in [5.74, 6) is 0.151. The molecule has 0 N–H and O–H groups in total. The van der Waals surface area contributed by atoms with Crippen molar-refractivity contribution < 1.29 is 4.39 Å². The van der Waals surface area contributed by atoms with Crippen molar-refractivity contribution in [3.63, 3.8) is 0 Å². The van der Waals surface area contributed by atoms with E-state index in [1.807, 2.05) is 13.1 Å². The minimum Gasteiger partial charge on any atom is -0.371 e. The molecule has 14 heavy (non-hydrogen) atoms. The fourth-order valence-corrected chi connectivity index (χ4v) is 1.88. The zero-order valence-electron chi connectivity index (χ0n) is 8.13. The number of halogens is 2. The lowest BCUT2D eigenvalue weighted by molar-refractivity contribution is 0.626. The van der Waals surface area contributed by atoms with Crippen LogP contribution >= 0.6 is 11.6 Å². The van der Waals surface area contributed by atoms with Crippen LogP contribution in [0, 0.1) is 5.82 Å². The van der Waals surface area contributed by atoms with Crippen LogP contribution in [0.25, 0.3) is 0 Å².